The number of rotatable bonds is 5. The van der Waals surface area contributed by atoms with Crippen molar-refractivity contribution in [3.63, 3.8) is 0 Å². The number of nitriles is 1. The monoisotopic (exact) mass is 388 g/mol. The summed E-state index contributed by atoms with van der Waals surface area (Å²) in [5.41, 5.74) is 7.27. The van der Waals surface area contributed by atoms with E-state index < -0.39 is 12.7 Å². The quantitative estimate of drug-likeness (QED) is 0.719. The first kappa shape index (κ1) is 19.3. The van der Waals surface area contributed by atoms with Gasteiger partial charge in [0.1, 0.15) is 12.3 Å². The largest absolute Gasteiger partial charge is 0.453 e. The van der Waals surface area contributed by atoms with E-state index in [1.807, 2.05) is 6.07 Å². The van der Waals surface area contributed by atoms with Crippen molar-refractivity contribution in [2.24, 2.45) is 5.73 Å². The number of aromatic nitrogens is 4. The van der Waals surface area contributed by atoms with Gasteiger partial charge in [0, 0.05) is 24.5 Å². The average molecular weight is 388 g/mol. The molecule has 0 aliphatic carbocycles. The molecule has 0 aliphatic heterocycles. The molecule has 1 aromatic carbocycles. The van der Waals surface area contributed by atoms with Crippen LogP contribution in [0.4, 0.5) is 13.2 Å². The van der Waals surface area contributed by atoms with Gasteiger partial charge in [-0.25, -0.2) is 9.97 Å². The molecule has 7 nitrogen and oxygen atoms in total. The summed E-state index contributed by atoms with van der Waals surface area (Å²) in [5, 5.41) is 12.9. The first-order chi connectivity index (χ1) is 13.3. The number of nitrogens with zero attached hydrogens (tertiary/aromatic N) is 5. The van der Waals surface area contributed by atoms with E-state index >= 15 is 0 Å². The lowest BCUT2D eigenvalue weighted by Crippen LogP contribution is -2.19. The number of ether oxygens (including phenoxy) is 1. The van der Waals surface area contributed by atoms with Crippen molar-refractivity contribution < 1.29 is 17.9 Å². The van der Waals surface area contributed by atoms with E-state index in [1.54, 1.807) is 24.5 Å². The lowest BCUT2D eigenvalue weighted by atomic mass is 10.1. The summed E-state index contributed by atoms with van der Waals surface area (Å²) < 4.78 is 44.5. The van der Waals surface area contributed by atoms with E-state index in [4.69, 9.17) is 15.7 Å². The van der Waals surface area contributed by atoms with Crippen molar-refractivity contribution in [1.29, 1.82) is 5.26 Å². The summed E-state index contributed by atoms with van der Waals surface area (Å²) in [6.45, 7) is 0.528. The van der Waals surface area contributed by atoms with Gasteiger partial charge >= 0.3 is 6.18 Å². The van der Waals surface area contributed by atoms with Gasteiger partial charge in [-0.2, -0.15) is 23.5 Å². The van der Waals surface area contributed by atoms with Crippen molar-refractivity contribution in [2.45, 2.75) is 26.2 Å². The Hall–Kier alpha value is -3.45. The molecule has 2 heterocycles. The van der Waals surface area contributed by atoms with Crippen molar-refractivity contribution in [3.05, 3.63) is 53.6 Å². The normalized spacial score (nSPS) is 11.3. The molecule has 2 aromatic heterocycles. The molecule has 0 unspecified atom stereocenters. The zero-order chi connectivity index (χ0) is 20.3. The molecule has 0 atom stereocenters. The van der Waals surface area contributed by atoms with Crippen molar-refractivity contribution in [2.75, 3.05) is 0 Å². The third kappa shape index (κ3) is 4.27. The molecule has 0 aliphatic rings. The Morgan fingerprint density at radius 2 is 1.89 bits per heavy atom. The number of hydrogen-bond acceptors (Lipinski definition) is 6. The molecule has 0 radical (unpaired) electrons. The molecule has 144 valence electrons. The first-order valence-electron chi connectivity index (χ1n) is 8.13. The fraction of sp³-hybridized carbons (Fsp3) is 0.222. The van der Waals surface area contributed by atoms with E-state index in [2.05, 4.69) is 15.1 Å². The Kier molecular flexibility index (Phi) is 5.28. The van der Waals surface area contributed by atoms with Crippen LogP contribution < -0.4 is 10.5 Å². The second-order valence-corrected chi connectivity index (χ2v) is 5.91. The van der Waals surface area contributed by atoms with Gasteiger partial charge in [-0.05, 0) is 25.1 Å². The lowest BCUT2D eigenvalue weighted by Gasteiger charge is -2.12. The second kappa shape index (κ2) is 7.66. The number of alkyl halides is 3. The molecule has 0 amide bonds. The minimum absolute atomic E-state index is 0.138. The van der Waals surface area contributed by atoms with Crippen LogP contribution in [0.5, 0.6) is 11.5 Å². The van der Waals surface area contributed by atoms with Crippen LogP contribution in [0.15, 0.2) is 36.8 Å². The maximum atomic E-state index is 12.6. The fourth-order valence-corrected chi connectivity index (χ4v) is 2.44. The molecule has 10 heteroatoms. The highest BCUT2D eigenvalue weighted by Gasteiger charge is 2.29. The smallest absolute Gasteiger partial charge is 0.408 e. The molecule has 0 saturated heterocycles. The lowest BCUT2D eigenvalue weighted by molar-refractivity contribution is -0.142. The van der Waals surface area contributed by atoms with Crippen LogP contribution in [-0.4, -0.2) is 25.9 Å². The van der Waals surface area contributed by atoms with Gasteiger partial charge in [0.05, 0.1) is 29.1 Å². The summed E-state index contributed by atoms with van der Waals surface area (Å²) in [5.74, 6) is 0.699. The highest BCUT2D eigenvalue weighted by molar-refractivity contribution is 5.66. The molecule has 2 N–H and O–H groups in total. The molecule has 3 aromatic rings. The predicted molar refractivity (Wildman–Crippen MR) is 93.2 cm³/mol. The maximum absolute atomic E-state index is 12.6. The standard InChI is InChI=1S/C18H15F3N6O/c1-11-16(9-26-27(11)10-18(19,20)21)28-15-4-12(5-22)2-3-14(15)17-24-7-13(6-23)8-25-17/h2-4,7-9H,6,10,23H2,1H3. The van der Waals surface area contributed by atoms with Crippen LogP contribution in [0, 0.1) is 18.3 Å². The zero-order valence-electron chi connectivity index (χ0n) is 14.7. The Bertz CT molecular complexity index is 1020. The van der Waals surface area contributed by atoms with Gasteiger partial charge < -0.3 is 10.5 Å². The van der Waals surface area contributed by atoms with Crippen LogP contribution in [-0.2, 0) is 13.1 Å². The summed E-state index contributed by atoms with van der Waals surface area (Å²) in [4.78, 5) is 8.46. The summed E-state index contributed by atoms with van der Waals surface area (Å²) >= 11 is 0. The average Bonchev–Trinajstić information content (AvgIpc) is 3.00. The Labute approximate surface area is 158 Å². The van der Waals surface area contributed by atoms with Crippen LogP contribution in [0.2, 0.25) is 0 Å². The Morgan fingerprint density at radius 1 is 1.18 bits per heavy atom. The summed E-state index contributed by atoms with van der Waals surface area (Å²) in [7, 11) is 0. The molecule has 3 rings (SSSR count). The highest BCUT2D eigenvalue weighted by Crippen LogP contribution is 2.34. The minimum atomic E-state index is -4.40. The van der Waals surface area contributed by atoms with Crippen LogP contribution in [0.1, 0.15) is 16.8 Å². The van der Waals surface area contributed by atoms with Gasteiger partial charge in [0.2, 0.25) is 0 Å². The Balaban J connectivity index is 1.98. The molecular weight excluding hydrogens is 373 g/mol. The van der Waals surface area contributed by atoms with Gasteiger partial charge in [-0.3, -0.25) is 4.68 Å². The van der Waals surface area contributed by atoms with E-state index in [-0.39, 0.29) is 23.7 Å². The van der Waals surface area contributed by atoms with Gasteiger partial charge in [0.15, 0.2) is 11.6 Å². The van der Waals surface area contributed by atoms with E-state index in [9.17, 15) is 13.2 Å². The Morgan fingerprint density at radius 3 is 2.50 bits per heavy atom. The van der Waals surface area contributed by atoms with Gasteiger partial charge in [-0.1, -0.05) is 0 Å². The minimum Gasteiger partial charge on any atom is -0.453 e. The molecule has 28 heavy (non-hydrogen) atoms. The summed E-state index contributed by atoms with van der Waals surface area (Å²) in [6.07, 6.45) is -0.0748. The molecule has 0 bridgehead atoms. The number of nitrogens with two attached hydrogens (primary N) is 1. The molecule has 0 spiro atoms. The number of benzene rings is 1. The van der Waals surface area contributed by atoms with Crippen molar-refractivity contribution >= 4 is 0 Å². The highest BCUT2D eigenvalue weighted by atomic mass is 19.4. The predicted octanol–water partition coefficient (Wildman–Crippen LogP) is 3.33. The zero-order valence-corrected chi connectivity index (χ0v) is 14.7. The SMILES string of the molecule is Cc1c(Oc2cc(C#N)ccc2-c2ncc(CN)cn2)cnn1CC(F)(F)F. The van der Waals surface area contributed by atoms with Gasteiger partial charge in [-0.15, -0.1) is 0 Å². The van der Waals surface area contributed by atoms with Crippen molar-refractivity contribution in [1.82, 2.24) is 19.7 Å². The van der Waals surface area contributed by atoms with Crippen molar-refractivity contribution in [3.8, 4) is 29.0 Å². The van der Waals surface area contributed by atoms with E-state index in [0.717, 1.165) is 10.2 Å². The van der Waals surface area contributed by atoms with E-state index in [1.165, 1.54) is 19.2 Å². The van der Waals surface area contributed by atoms with Gasteiger partial charge in [0.25, 0.3) is 0 Å². The number of halogens is 3. The molecular formula is C18H15F3N6O. The number of hydrogen-bond donors (Lipinski definition) is 1. The summed E-state index contributed by atoms with van der Waals surface area (Å²) in [6, 6.07) is 6.65. The van der Waals surface area contributed by atoms with Crippen LogP contribution in [0.25, 0.3) is 11.4 Å². The van der Waals surface area contributed by atoms with Crippen LogP contribution >= 0.6 is 0 Å². The fourth-order valence-electron chi connectivity index (χ4n) is 2.44. The molecule has 0 fully saturated rings. The molecule has 0 saturated carbocycles. The third-order valence-electron chi connectivity index (χ3n) is 3.90. The third-order valence-corrected chi connectivity index (χ3v) is 3.90. The topological polar surface area (TPSA) is 103 Å². The van der Waals surface area contributed by atoms with Crippen LogP contribution in [0.3, 0.4) is 0 Å². The second-order valence-electron chi connectivity index (χ2n) is 5.91. The first-order valence-corrected chi connectivity index (χ1v) is 8.13. The maximum Gasteiger partial charge on any atom is 0.408 e. The van der Waals surface area contributed by atoms with E-state index in [0.29, 0.717) is 17.0 Å².